The number of nitrogens with zero attached hydrogens (tertiary/aromatic N) is 2. The fourth-order valence-electron chi connectivity index (χ4n) is 4.59. The minimum absolute atomic E-state index is 0. The molecular formula is C21H37IN4O2. The standard InChI is InChI=1S/C21H36N4O2.HI/c1-22-20(24-17-21(11-15-26-2)9-3-4-10-21)23-16-18(19-8-7-14-27-19)25-12-5-6-13-25;/h7-8,14,18H,3-6,9-13,15-17H2,1-2H3,(H2,22,23,24);1H. The number of methoxy groups -OCH3 is 1. The Hall–Kier alpha value is -0.800. The molecule has 2 fully saturated rings. The van der Waals surface area contributed by atoms with Crippen LogP contribution in [0.5, 0.6) is 0 Å². The Bertz CT molecular complexity index is 567. The molecule has 7 heteroatoms. The molecule has 6 nitrogen and oxygen atoms in total. The molecule has 1 saturated carbocycles. The highest BCUT2D eigenvalue weighted by atomic mass is 127. The summed E-state index contributed by atoms with van der Waals surface area (Å²) in [5.74, 6) is 1.92. The number of furan rings is 1. The Kier molecular flexibility index (Phi) is 10.1. The summed E-state index contributed by atoms with van der Waals surface area (Å²) >= 11 is 0. The van der Waals surface area contributed by atoms with Crippen LogP contribution in [0.2, 0.25) is 0 Å². The molecule has 160 valence electrons. The van der Waals surface area contributed by atoms with E-state index >= 15 is 0 Å². The van der Waals surface area contributed by atoms with Crippen molar-refractivity contribution in [3.63, 3.8) is 0 Å². The smallest absolute Gasteiger partial charge is 0.191 e. The van der Waals surface area contributed by atoms with E-state index in [0.29, 0.717) is 5.41 Å². The summed E-state index contributed by atoms with van der Waals surface area (Å²) in [5.41, 5.74) is 0.350. The average molecular weight is 504 g/mol. The van der Waals surface area contributed by atoms with Gasteiger partial charge in [-0.05, 0) is 62.7 Å². The Morgan fingerprint density at radius 3 is 2.61 bits per heavy atom. The second kappa shape index (κ2) is 12.0. The molecule has 2 aliphatic rings. The van der Waals surface area contributed by atoms with Crippen LogP contribution in [0.1, 0.15) is 56.7 Å². The van der Waals surface area contributed by atoms with E-state index in [2.05, 4.69) is 26.6 Å². The molecule has 1 atom stereocenters. The first-order valence-corrected chi connectivity index (χ1v) is 10.5. The lowest BCUT2D eigenvalue weighted by Gasteiger charge is -2.31. The van der Waals surface area contributed by atoms with Gasteiger partial charge in [0, 0.05) is 33.9 Å². The minimum atomic E-state index is 0. The van der Waals surface area contributed by atoms with E-state index in [-0.39, 0.29) is 30.0 Å². The van der Waals surface area contributed by atoms with Crippen LogP contribution in [0.25, 0.3) is 0 Å². The lowest BCUT2D eigenvalue weighted by atomic mass is 9.83. The number of guanidine groups is 1. The van der Waals surface area contributed by atoms with E-state index in [0.717, 1.165) is 50.9 Å². The van der Waals surface area contributed by atoms with E-state index in [4.69, 9.17) is 9.15 Å². The normalized spacial score (nSPS) is 20.7. The number of rotatable bonds is 9. The van der Waals surface area contributed by atoms with Gasteiger partial charge in [0.05, 0.1) is 12.3 Å². The predicted molar refractivity (Wildman–Crippen MR) is 124 cm³/mol. The van der Waals surface area contributed by atoms with Crippen LogP contribution in [0.15, 0.2) is 27.8 Å². The lowest BCUT2D eigenvalue weighted by Crippen LogP contribution is -2.46. The molecule has 1 saturated heterocycles. The molecule has 1 unspecified atom stereocenters. The molecule has 3 rings (SSSR count). The minimum Gasteiger partial charge on any atom is -0.468 e. The number of nitrogens with one attached hydrogen (secondary N) is 2. The van der Waals surface area contributed by atoms with Crippen LogP contribution in [0.3, 0.4) is 0 Å². The van der Waals surface area contributed by atoms with Gasteiger partial charge in [-0.3, -0.25) is 9.89 Å². The quantitative estimate of drug-likeness (QED) is 0.305. The Morgan fingerprint density at radius 2 is 2.00 bits per heavy atom. The van der Waals surface area contributed by atoms with Gasteiger partial charge in [0.25, 0.3) is 0 Å². The van der Waals surface area contributed by atoms with Crippen LogP contribution in [-0.4, -0.2) is 57.8 Å². The van der Waals surface area contributed by atoms with Crippen molar-refractivity contribution in [2.75, 3.05) is 46.9 Å². The molecule has 0 aromatic carbocycles. The summed E-state index contributed by atoms with van der Waals surface area (Å²) < 4.78 is 11.1. The zero-order chi connectivity index (χ0) is 19.0. The van der Waals surface area contributed by atoms with Gasteiger partial charge in [-0.2, -0.15) is 0 Å². The number of halogens is 1. The number of ether oxygens (including phenoxy) is 1. The number of aliphatic imine (C=N–C) groups is 1. The fourth-order valence-corrected chi connectivity index (χ4v) is 4.59. The zero-order valence-electron chi connectivity index (χ0n) is 17.4. The Morgan fingerprint density at radius 1 is 1.25 bits per heavy atom. The SMILES string of the molecule is CN=C(NCC(c1ccco1)N1CCCC1)NCC1(CCOC)CCCC1.I. The fraction of sp³-hybridized carbons (Fsp3) is 0.762. The average Bonchev–Trinajstić information content (AvgIpc) is 3.46. The molecule has 2 N–H and O–H groups in total. The van der Waals surface area contributed by atoms with E-state index in [9.17, 15) is 0 Å². The monoisotopic (exact) mass is 504 g/mol. The van der Waals surface area contributed by atoms with Crippen molar-refractivity contribution >= 4 is 29.9 Å². The first-order chi connectivity index (χ1) is 13.3. The van der Waals surface area contributed by atoms with Gasteiger partial charge in [0.1, 0.15) is 5.76 Å². The van der Waals surface area contributed by atoms with Crippen LogP contribution in [-0.2, 0) is 4.74 Å². The summed E-state index contributed by atoms with van der Waals surface area (Å²) in [6, 6.07) is 4.32. The van der Waals surface area contributed by atoms with Crippen LogP contribution >= 0.6 is 24.0 Å². The van der Waals surface area contributed by atoms with E-state index < -0.39 is 0 Å². The molecule has 1 aliphatic carbocycles. The number of hydrogen-bond donors (Lipinski definition) is 2. The predicted octanol–water partition coefficient (Wildman–Crippen LogP) is 3.80. The summed E-state index contributed by atoms with van der Waals surface area (Å²) in [6.45, 7) is 4.88. The van der Waals surface area contributed by atoms with Gasteiger partial charge in [-0.15, -0.1) is 24.0 Å². The van der Waals surface area contributed by atoms with Crippen LogP contribution in [0, 0.1) is 5.41 Å². The molecule has 0 spiro atoms. The maximum Gasteiger partial charge on any atom is 0.191 e. The maximum atomic E-state index is 5.72. The number of likely N-dealkylation sites (tertiary alicyclic amines) is 1. The molecule has 0 amide bonds. The number of hydrogen-bond acceptors (Lipinski definition) is 4. The van der Waals surface area contributed by atoms with Crippen LogP contribution in [0.4, 0.5) is 0 Å². The third-order valence-corrected chi connectivity index (χ3v) is 6.27. The van der Waals surface area contributed by atoms with E-state index in [1.165, 1.54) is 38.5 Å². The van der Waals surface area contributed by atoms with E-state index in [1.807, 2.05) is 13.1 Å². The molecule has 0 bridgehead atoms. The summed E-state index contributed by atoms with van der Waals surface area (Å²) in [7, 11) is 3.65. The lowest BCUT2D eigenvalue weighted by molar-refractivity contribution is 0.138. The topological polar surface area (TPSA) is 62.0 Å². The highest BCUT2D eigenvalue weighted by Crippen LogP contribution is 2.40. The van der Waals surface area contributed by atoms with Crippen molar-refractivity contribution in [1.29, 1.82) is 0 Å². The van der Waals surface area contributed by atoms with Gasteiger partial charge < -0.3 is 19.8 Å². The van der Waals surface area contributed by atoms with Gasteiger partial charge in [-0.25, -0.2) is 0 Å². The van der Waals surface area contributed by atoms with Crippen molar-refractivity contribution in [1.82, 2.24) is 15.5 Å². The molecule has 0 radical (unpaired) electrons. The molecule has 1 aliphatic heterocycles. The van der Waals surface area contributed by atoms with Gasteiger partial charge in [-0.1, -0.05) is 12.8 Å². The molecular weight excluding hydrogens is 467 g/mol. The van der Waals surface area contributed by atoms with Gasteiger partial charge in [0.15, 0.2) is 5.96 Å². The molecule has 28 heavy (non-hydrogen) atoms. The molecule has 2 heterocycles. The summed E-state index contributed by atoms with van der Waals surface area (Å²) in [4.78, 5) is 6.96. The Labute approximate surface area is 186 Å². The van der Waals surface area contributed by atoms with Crippen molar-refractivity contribution in [2.24, 2.45) is 10.4 Å². The third-order valence-electron chi connectivity index (χ3n) is 6.27. The first kappa shape index (κ1) is 23.5. The second-order valence-electron chi connectivity index (χ2n) is 8.03. The highest BCUT2D eigenvalue weighted by Gasteiger charge is 2.33. The molecule has 1 aromatic rings. The maximum absolute atomic E-state index is 5.72. The highest BCUT2D eigenvalue weighted by molar-refractivity contribution is 14.0. The summed E-state index contributed by atoms with van der Waals surface area (Å²) in [5, 5.41) is 7.12. The van der Waals surface area contributed by atoms with Gasteiger partial charge in [0.2, 0.25) is 0 Å². The van der Waals surface area contributed by atoms with Crippen LogP contribution < -0.4 is 10.6 Å². The van der Waals surface area contributed by atoms with E-state index in [1.54, 1.807) is 13.4 Å². The largest absolute Gasteiger partial charge is 0.468 e. The van der Waals surface area contributed by atoms with Gasteiger partial charge >= 0.3 is 0 Å². The Balaban J connectivity index is 0.00000280. The second-order valence-corrected chi connectivity index (χ2v) is 8.03. The molecule has 1 aromatic heterocycles. The zero-order valence-corrected chi connectivity index (χ0v) is 19.7. The van der Waals surface area contributed by atoms with Crippen molar-refractivity contribution in [3.05, 3.63) is 24.2 Å². The first-order valence-electron chi connectivity index (χ1n) is 10.5. The van der Waals surface area contributed by atoms with Crippen molar-refractivity contribution in [2.45, 2.75) is 51.0 Å². The third kappa shape index (κ3) is 6.35. The summed E-state index contributed by atoms with van der Waals surface area (Å²) in [6.07, 6.45) is 10.6. The van der Waals surface area contributed by atoms with Crippen molar-refractivity contribution < 1.29 is 9.15 Å². The van der Waals surface area contributed by atoms with Crippen molar-refractivity contribution in [3.8, 4) is 0 Å².